The molecular weight excluding hydrogens is 392 g/mol. The summed E-state index contributed by atoms with van der Waals surface area (Å²) < 4.78 is 5.39. The first-order chi connectivity index (χ1) is 15.1. The first-order valence-electron chi connectivity index (χ1n) is 10.2. The molecule has 2 fully saturated rings. The lowest BCUT2D eigenvalue weighted by Gasteiger charge is -2.29. The molecule has 5 rings (SSSR count). The van der Waals surface area contributed by atoms with Gasteiger partial charge < -0.3 is 4.74 Å². The number of anilines is 2. The van der Waals surface area contributed by atoms with E-state index < -0.39 is 18.1 Å². The zero-order valence-corrected chi connectivity index (χ0v) is 17.3. The van der Waals surface area contributed by atoms with Gasteiger partial charge in [-0.25, -0.2) is 9.96 Å². The Hall–Kier alpha value is -3.64. The Labute approximate surface area is 180 Å². The maximum absolute atomic E-state index is 13.6. The van der Waals surface area contributed by atoms with E-state index in [4.69, 9.17) is 9.57 Å². The lowest BCUT2D eigenvalue weighted by atomic mass is 9.90. The molecule has 2 heterocycles. The van der Waals surface area contributed by atoms with Crippen molar-refractivity contribution >= 4 is 23.2 Å². The Bertz CT molecular complexity index is 1130. The van der Waals surface area contributed by atoms with Crippen molar-refractivity contribution in [1.82, 2.24) is 0 Å². The molecule has 3 aromatic carbocycles. The van der Waals surface area contributed by atoms with Gasteiger partial charge in [0.15, 0.2) is 6.10 Å². The Kier molecular flexibility index (Phi) is 4.71. The number of amides is 2. The molecule has 3 aromatic rings. The zero-order valence-electron chi connectivity index (χ0n) is 17.3. The van der Waals surface area contributed by atoms with E-state index in [1.54, 1.807) is 24.3 Å². The largest absolute Gasteiger partial charge is 0.497 e. The second-order valence-electron chi connectivity index (χ2n) is 7.78. The van der Waals surface area contributed by atoms with E-state index in [0.29, 0.717) is 11.4 Å². The predicted octanol–water partition coefficient (Wildman–Crippen LogP) is 4.05. The van der Waals surface area contributed by atoms with Gasteiger partial charge in [-0.15, -0.1) is 0 Å². The van der Waals surface area contributed by atoms with Crippen LogP contribution in [0.15, 0.2) is 78.9 Å². The number of benzene rings is 3. The van der Waals surface area contributed by atoms with Gasteiger partial charge in [0.1, 0.15) is 11.7 Å². The molecule has 0 bridgehead atoms. The first kappa shape index (κ1) is 19.3. The molecule has 0 radical (unpaired) electrons. The van der Waals surface area contributed by atoms with E-state index in [0.717, 1.165) is 16.8 Å². The number of carbonyl (C=O) groups excluding carboxylic acids is 2. The summed E-state index contributed by atoms with van der Waals surface area (Å²) in [6, 6.07) is 24.0. The fourth-order valence-corrected chi connectivity index (χ4v) is 4.33. The Morgan fingerprint density at radius 1 is 0.839 bits per heavy atom. The number of carbonyl (C=O) groups is 2. The summed E-state index contributed by atoms with van der Waals surface area (Å²) in [5.41, 5.74) is 3.26. The van der Waals surface area contributed by atoms with Crippen LogP contribution in [0.1, 0.15) is 17.2 Å². The maximum Gasteiger partial charge on any atom is 0.266 e. The second kappa shape index (κ2) is 7.56. The minimum Gasteiger partial charge on any atom is -0.497 e. The average Bonchev–Trinajstić information content (AvgIpc) is 3.31. The number of para-hydroxylation sites is 1. The van der Waals surface area contributed by atoms with Crippen molar-refractivity contribution in [2.75, 3.05) is 17.1 Å². The normalized spacial score (nSPS) is 22.7. The van der Waals surface area contributed by atoms with Crippen molar-refractivity contribution in [1.29, 1.82) is 0 Å². The molecule has 2 aliphatic heterocycles. The van der Waals surface area contributed by atoms with Gasteiger partial charge >= 0.3 is 0 Å². The second-order valence-corrected chi connectivity index (χ2v) is 7.78. The van der Waals surface area contributed by atoms with Crippen molar-refractivity contribution in [2.45, 2.75) is 19.1 Å². The predicted molar refractivity (Wildman–Crippen MR) is 117 cm³/mol. The van der Waals surface area contributed by atoms with Crippen LogP contribution < -0.4 is 14.7 Å². The van der Waals surface area contributed by atoms with Gasteiger partial charge in [-0.1, -0.05) is 48.0 Å². The highest BCUT2D eigenvalue weighted by molar-refractivity contribution is 6.23. The number of rotatable bonds is 4. The summed E-state index contributed by atoms with van der Waals surface area (Å²) >= 11 is 0. The highest BCUT2D eigenvalue weighted by Gasteiger charge is 2.60. The van der Waals surface area contributed by atoms with Crippen LogP contribution in [0, 0.1) is 12.8 Å². The minimum absolute atomic E-state index is 0.259. The maximum atomic E-state index is 13.6. The van der Waals surface area contributed by atoms with Crippen LogP contribution in [-0.2, 0) is 14.4 Å². The van der Waals surface area contributed by atoms with Gasteiger partial charge in [0.2, 0.25) is 5.91 Å². The van der Waals surface area contributed by atoms with Crippen LogP contribution in [0.4, 0.5) is 11.4 Å². The van der Waals surface area contributed by atoms with Crippen LogP contribution >= 0.6 is 0 Å². The summed E-state index contributed by atoms with van der Waals surface area (Å²) in [7, 11) is 1.60. The summed E-state index contributed by atoms with van der Waals surface area (Å²) in [5.74, 6) is -0.586. The topological polar surface area (TPSA) is 59.1 Å². The molecule has 6 heteroatoms. The van der Waals surface area contributed by atoms with E-state index in [9.17, 15) is 9.59 Å². The smallest absolute Gasteiger partial charge is 0.266 e. The number of methoxy groups -OCH3 is 1. The van der Waals surface area contributed by atoms with Crippen molar-refractivity contribution in [2.24, 2.45) is 5.92 Å². The van der Waals surface area contributed by atoms with E-state index in [-0.39, 0.29) is 11.8 Å². The number of ether oxygens (including phenoxy) is 1. The molecular formula is C25H22N2O4. The number of nitrogens with zero attached hydrogens (tertiary/aromatic N) is 2. The Balaban J connectivity index is 1.59. The van der Waals surface area contributed by atoms with Gasteiger partial charge in [0.25, 0.3) is 5.91 Å². The fourth-order valence-electron chi connectivity index (χ4n) is 4.33. The molecule has 31 heavy (non-hydrogen) atoms. The van der Waals surface area contributed by atoms with E-state index in [1.807, 2.05) is 73.7 Å². The fraction of sp³-hybridized carbons (Fsp3) is 0.200. The third kappa shape index (κ3) is 3.16. The third-order valence-corrected chi connectivity index (χ3v) is 5.85. The molecule has 2 saturated heterocycles. The van der Waals surface area contributed by atoms with E-state index >= 15 is 0 Å². The molecule has 0 saturated carbocycles. The van der Waals surface area contributed by atoms with Crippen molar-refractivity contribution in [3.63, 3.8) is 0 Å². The van der Waals surface area contributed by atoms with Crippen molar-refractivity contribution in [3.05, 3.63) is 90.0 Å². The number of hydroxylamine groups is 1. The van der Waals surface area contributed by atoms with Crippen LogP contribution in [0.3, 0.4) is 0 Å². The van der Waals surface area contributed by atoms with Crippen LogP contribution in [0.25, 0.3) is 0 Å². The van der Waals surface area contributed by atoms with Crippen molar-refractivity contribution < 1.29 is 19.2 Å². The highest BCUT2D eigenvalue weighted by atomic mass is 16.7. The highest BCUT2D eigenvalue weighted by Crippen LogP contribution is 2.47. The molecule has 3 atom stereocenters. The van der Waals surface area contributed by atoms with Crippen molar-refractivity contribution in [3.8, 4) is 5.75 Å². The lowest BCUT2D eigenvalue weighted by molar-refractivity contribution is -0.126. The minimum atomic E-state index is -0.884. The van der Waals surface area contributed by atoms with Crippen LogP contribution in [-0.4, -0.2) is 25.0 Å². The van der Waals surface area contributed by atoms with E-state index in [2.05, 4.69) is 0 Å². The summed E-state index contributed by atoms with van der Waals surface area (Å²) in [5, 5.41) is 1.69. The third-order valence-electron chi connectivity index (χ3n) is 5.85. The quantitative estimate of drug-likeness (QED) is 0.603. The summed E-state index contributed by atoms with van der Waals surface area (Å²) in [6.45, 7) is 1.96. The van der Waals surface area contributed by atoms with E-state index in [1.165, 1.54) is 4.90 Å². The van der Waals surface area contributed by atoms with Gasteiger partial charge in [0, 0.05) is 0 Å². The molecule has 0 aromatic heterocycles. The summed E-state index contributed by atoms with van der Waals surface area (Å²) in [6.07, 6.45) is -0.884. The van der Waals surface area contributed by atoms with Gasteiger partial charge in [-0.2, -0.15) is 0 Å². The van der Waals surface area contributed by atoms with Gasteiger partial charge in [0.05, 0.1) is 24.5 Å². The van der Waals surface area contributed by atoms with Gasteiger partial charge in [-0.3, -0.25) is 14.4 Å². The number of imide groups is 1. The molecule has 0 spiro atoms. The Morgan fingerprint density at radius 2 is 1.58 bits per heavy atom. The zero-order chi connectivity index (χ0) is 21.5. The molecule has 6 nitrogen and oxygen atoms in total. The number of hydrogen-bond acceptors (Lipinski definition) is 5. The molecule has 2 aliphatic rings. The molecule has 0 N–H and O–H groups in total. The molecule has 3 unspecified atom stereocenters. The number of aryl methyl sites for hydroxylation is 1. The Morgan fingerprint density at radius 3 is 2.29 bits per heavy atom. The first-order valence-corrected chi connectivity index (χ1v) is 10.2. The average molecular weight is 414 g/mol. The van der Waals surface area contributed by atoms with Crippen LogP contribution in [0.2, 0.25) is 0 Å². The molecule has 2 amide bonds. The summed E-state index contributed by atoms with van der Waals surface area (Å²) in [4.78, 5) is 34.3. The number of fused-ring (bicyclic) bond motifs is 1. The number of hydrogen-bond donors (Lipinski definition) is 0. The standard InChI is InChI=1S/C25H22N2O4/c1-16-11-13-18(14-12-16)26-24(28)21-22(17-7-6-10-20(15-17)30-2)27(31-23(21)25(26)29)19-8-4-3-5-9-19/h3-15,21-23H,1-2H3. The lowest BCUT2D eigenvalue weighted by Crippen LogP contribution is -2.37. The molecule has 0 aliphatic carbocycles. The van der Waals surface area contributed by atoms with Gasteiger partial charge in [-0.05, 0) is 48.9 Å². The SMILES string of the molecule is COc1cccc(C2C3C(=O)N(c4ccc(C)cc4)C(=O)C3ON2c2ccccc2)c1. The monoisotopic (exact) mass is 414 g/mol. The molecule has 156 valence electrons. The van der Waals surface area contributed by atoms with Crippen LogP contribution in [0.5, 0.6) is 5.75 Å².